The van der Waals surface area contributed by atoms with Gasteiger partial charge in [-0.05, 0) is 69.3 Å². The number of ether oxygens (including phenoxy) is 2. The van der Waals surface area contributed by atoms with E-state index in [-0.39, 0.29) is 54.2 Å². The molecule has 3 N–H and O–H groups in total. The van der Waals surface area contributed by atoms with Gasteiger partial charge in [0.25, 0.3) is 0 Å². The third-order valence-corrected chi connectivity index (χ3v) is 9.02. The van der Waals surface area contributed by atoms with Crippen molar-refractivity contribution in [2.24, 2.45) is 0 Å². The number of phenols is 1. The number of hydrogen-bond acceptors (Lipinski definition) is 7. The lowest BCUT2D eigenvalue weighted by atomic mass is 9.48. The number of likely N-dealkylation sites (tertiary alicyclic amines) is 1. The third-order valence-electron chi connectivity index (χ3n) is 8.38. The van der Waals surface area contributed by atoms with Crippen molar-refractivity contribution >= 4 is 42.5 Å². The molecule has 2 aliphatic heterocycles. The number of likely N-dealkylation sites (N-methyl/N-ethyl adjacent to an activating group) is 1. The third kappa shape index (κ3) is 3.55. The van der Waals surface area contributed by atoms with Crippen LogP contribution in [0.5, 0.6) is 11.5 Å². The maximum Gasteiger partial charge on any atom is 0.320 e. The van der Waals surface area contributed by atoms with Gasteiger partial charge in [0.2, 0.25) is 0 Å². The molecule has 0 amide bonds. The van der Waals surface area contributed by atoms with E-state index in [4.69, 9.17) is 9.47 Å². The van der Waals surface area contributed by atoms with E-state index in [1.54, 1.807) is 17.8 Å². The van der Waals surface area contributed by atoms with E-state index in [2.05, 4.69) is 17.3 Å². The molecular weight excluding hydrogens is 487 g/mol. The molecule has 4 aliphatic rings. The number of piperidine rings is 1. The second-order valence-electron chi connectivity index (χ2n) is 9.49. The lowest BCUT2D eigenvalue weighted by molar-refractivity contribution is -0.204. The number of aromatic hydroxyl groups is 1. The van der Waals surface area contributed by atoms with E-state index in [1.165, 1.54) is 5.56 Å². The number of benzene rings is 1. The van der Waals surface area contributed by atoms with Crippen molar-refractivity contribution in [1.82, 2.24) is 10.2 Å². The number of phenolic OH excluding ortho intramolecular Hbond substituents is 1. The summed E-state index contributed by atoms with van der Waals surface area (Å²) in [6.45, 7) is 0.922. The van der Waals surface area contributed by atoms with Crippen molar-refractivity contribution in [1.29, 1.82) is 0 Å². The van der Waals surface area contributed by atoms with E-state index in [9.17, 15) is 15.0 Å². The van der Waals surface area contributed by atoms with Gasteiger partial charge in [-0.15, -0.1) is 24.8 Å². The lowest BCUT2D eigenvalue weighted by Gasteiger charge is -2.65. The number of carboxylic acids is 1. The molecule has 0 radical (unpaired) electrons. The van der Waals surface area contributed by atoms with Crippen molar-refractivity contribution in [3.05, 3.63) is 23.3 Å². The highest BCUT2D eigenvalue weighted by Crippen LogP contribution is 2.66. The molecule has 10 heteroatoms. The highest BCUT2D eigenvalue weighted by Gasteiger charge is 2.73. The molecule has 2 fully saturated rings. The zero-order valence-corrected chi connectivity index (χ0v) is 21.7. The van der Waals surface area contributed by atoms with Crippen LogP contribution in [0.4, 0.5) is 0 Å². The number of methoxy groups -OCH3 is 1. The zero-order valence-electron chi connectivity index (χ0n) is 19.2. The summed E-state index contributed by atoms with van der Waals surface area (Å²) in [4.78, 5) is 14.4. The minimum absolute atomic E-state index is 0. The monoisotopic (exact) mass is 520 g/mol. The molecule has 7 nitrogen and oxygen atoms in total. The standard InChI is InChI=1S/C23H32N2O5S.2ClH/c1-25-10-9-22-18-13-4-5-16(26)19(18)30-20(22)14(24-15(21(27)28)7-11-31-3)6-8-23(22,29-2)17(25)12-13;;/h4-5,14-15,17,20,24,26H,6-12H2,1-3H3,(H,27,28);2*1H/t14-,15+,17-,20+,22+,23-;;/m1../s1. The molecule has 1 aromatic carbocycles. The number of nitrogens with zero attached hydrogens (tertiary/aromatic N) is 1. The number of thioether (sulfide) groups is 1. The molecule has 1 spiro atoms. The predicted molar refractivity (Wildman–Crippen MR) is 134 cm³/mol. The van der Waals surface area contributed by atoms with E-state index < -0.39 is 17.6 Å². The number of rotatable bonds is 7. The second-order valence-corrected chi connectivity index (χ2v) is 10.5. The van der Waals surface area contributed by atoms with E-state index in [1.807, 2.05) is 19.4 Å². The van der Waals surface area contributed by atoms with Crippen molar-refractivity contribution in [2.75, 3.05) is 32.7 Å². The summed E-state index contributed by atoms with van der Waals surface area (Å²) in [5, 5.41) is 24.0. The van der Waals surface area contributed by atoms with Crippen LogP contribution < -0.4 is 10.1 Å². The minimum Gasteiger partial charge on any atom is -0.504 e. The average Bonchev–Trinajstić information content (AvgIpc) is 3.11. The Morgan fingerprint density at radius 2 is 2.15 bits per heavy atom. The molecule has 1 aromatic rings. The van der Waals surface area contributed by atoms with Crippen LogP contribution in [0.2, 0.25) is 0 Å². The quantitative estimate of drug-likeness (QED) is 0.505. The smallest absolute Gasteiger partial charge is 0.320 e. The van der Waals surface area contributed by atoms with Crippen molar-refractivity contribution in [3.8, 4) is 11.5 Å². The summed E-state index contributed by atoms with van der Waals surface area (Å²) in [5.41, 5.74) is 1.52. The fourth-order valence-electron chi connectivity index (χ4n) is 7.08. The van der Waals surface area contributed by atoms with Crippen molar-refractivity contribution in [2.45, 2.75) is 67.3 Å². The number of carbonyl (C=O) groups is 1. The fraction of sp³-hybridized carbons (Fsp3) is 0.696. The number of halogens is 2. The second kappa shape index (κ2) is 9.63. The van der Waals surface area contributed by atoms with Gasteiger partial charge in [-0.25, -0.2) is 0 Å². The summed E-state index contributed by atoms with van der Waals surface area (Å²) in [6.07, 6.45) is 5.63. The Morgan fingerprint density at radius 1 is 1.39 bits per heavy atom. The first-order valence-electron chi connectivity index (χ1n) is 11.1. The molecule has 5 rings (SSSR count). The maximum atomic E-state index is 12.0. The topological polar surface area (TPSA) is 91.3 Å². The Balaban J connectivity index is 0.00000153. The molecule has 2 aliphatic carbocycles. The molecule has 1 saturated heterocycles. The molecule has 0 unspecified atom stereocenters. The summed E-state index contributed by atoms with van der Waals surface area (Å²) in [7, 11) is 3.98. The number of aliphatic carboxylic acids is 1. The Labute approximate surface area is 211 Å². The first-order chi connectivity index (χ1) is 14.9. The van der Waals surface area contributed by atoms with Crippen LogP contribution in [0.15, 0.2) is 12.1 Å². The number of nitrogens with one attached hydrogen (secondary N) is 1. The molecule has 1 saturated carbocycles. The summed E-state index contributed by atoms with van der Waals surface area (Å²) >= 11 is 1.66. The Bertz CT molecular complexity index is 908. The number of hydrogen-bond donors (Lipinski definition) is 3. The van der Waals surface area contributed by atoms with Crippen LogP contribution in [0, 0.1) is 0 Å². The van der Waals surface area contributed by atoms with E-state index in [0.717, 1.165) is 43.5 Å². The first-order valence-corrected chi connectivity index (χ1v) is 12.5. The van der Waals surface area contributed by atoms with Crippen LogP contribution in [0.1, 0.15) is 36.8 Å². The fourth-order valence-corrected chi connectivity index (χ4v) is 7.55. The summed E-state index contributed by atoms with van der Waals surface area (Å²) in [6, 6.07) is 3.26. The zero-order chi connectivity index (χ0) is 22.0. The van der Waals surface area contributed by atoms with E-state index in [0.29, 0.717) is 12.2 Å². The van der Waals surface area contributed by atoms with Gasteiger partial charge in [-0.1, -0.05) is 6.07 Å². The largest absolute Gasteiger partial charge is 0.504 e. The summed E-state index contributed by atoms with van der Waals surface area (Å²) < 4.78 is 13.0. The van der Waals surface area contributed by atoms with Gasteiger partial charge in [0.15, 0.2) is 11.5 Å². The van der Waals surface area contributed by atoms with Crippen LogP contribution in [-0.2, 0) is 21.4 Å². The summed E-state index contributed by atoms with van der Waals surface area (Å²) in [5.74, 6) is 0.712. The van der Waals surface area contributed by atoms with Crippen LogP contribution in [-0.4, -0.2) is 83.6 Å². The molecule has 186 valence electrons. The van der Waals surface area contributed by atoms with Gasteiger partial charge in [-0.3, -0.25) is 10.1 Å². The van der Waals surface area contributed by atoms with E-state index >= 15 is 0 Å². The molecule has 6 atom stereocenters. The average molecular weight is 522 g/mol. The van der Waals surface area contributed by atoms with Crippen LogP contribution >= 0.6 is 36.6 Å². The van der Waals surface area contributed by atoms with Crippen molar-refractivity contribution in [3.63, 3.8) is 0 Å². The normalized spacial score (nSPS) is 34.3. The highest BCUT2D eigenvalue weighted by atomic mass is 35.5. The molecular formula is C23H34Cl2N2O5S. The van der Waals surface area contributed by atoms with Gasteiger partial charge < -0.3 is 24.6 Å². The predicted octanol–water partition coefficient (Wildman–Crippen LogP) is 2.84. The molecule has 0 aromatic heterocycles. The first kappa shape index (κ1) is 26.7. The van der Waals surface area contributed by atoms with Gasteiger partial charge >= 0.3 is 5.97 Å². The van der Waals surface area contributed by atoms with Crippen LogP contribution in [0.25, 0.3) is 0 Å². The van der Waals surface area contributed by atoms with Gasteiger partial charge in [0.05, 0.1) is 11.0 Å². The molecule has 2 bridgehead atoms. The Hall–Kier alpha value is -0.900. The van der Waals surface area contributed by atoms with Gasteiger partial charge in [0.1, 0.15) is 12.1 Å². The van der Waals surface area contributed by atoms with Gasteiger partial charge in [-0.2, -0.15) is 11.8 Å². The Morgan fingerprint density at radius 3 is 2.82 bits per heavy atom. The minimum atomic E-state index is -0.820. The number of carboxylic acid groups (broad SMARTS) is 1. The Kier molecular flexibility index (Phi) is 7.79. The maximum absolute atomic E-state index is 12.0. The van der Waals surface area contributed by atoms with Crippen LogP contribution in [0.3, 0.4) is 0 Å². The van der Waals surface area contributed by atoms with Gasteiger partial charge in [0, 0.05) is 24.8 Å². The SMILES string of the molecule is CO[C@@]12CC[C@@H](N[C@@H](CCSC)C(=O)O)[C@@H]3Oc4c(O)ccc5c4[C@@]31CCN(C)[C@@H]2C5.Cl.Cl. The van der Waals surface area contributed by atoms with Crippen molar-refractivity contribution < 1.29 is 24.5 Å². The highest BCUT2D eigenvalue weighted by molar-refractivity contribution is 7.98. The molecule has 2 heterocycles. The molecule has 33 heavy (non-hydrogen) atoms. The lowest BCUT2D eigenvalue weighted by Crippen LogP contribution is -2.78.